The molecular formula is C43H29N. The van der Waals surface area contributed by atoms with E-state index >= 15 is 0 Å². The second kappa shape index (κ2) is 9.69. The summed E-state index contributed by atoms with van der Waals surface area (Å²) in [5.74, 6) is 0. The van der Waals surface area contributed by atoms with E-state index in [4.69, 9.17) is 0 Å². The Kier molecular flexibility index (Phi) is 5.48. The summed E-state index contributed by atoms with van der Waals surface area (Å²) in [6.45, 7) is 0. The fourth-order valence-electron chi connectivity index (χ4n) is 7.62. The van der Waals surface area contributed by atoms with Crippen molar-refractivity contribution in [3.63, 3.8) is 0 Å². The van der Waals surface area contributed by atoms with Crippen LogP contribution in [0.4, 0.5) is 0 Å². The summed E-state index contributed by atoms with van der Waals surface area (Å²) in [6.07, 6.45) is 0. The minimum Gasteiger partial charge on any atom is -0.309 e. The molecule has 1 aromatic heterocycles. The number of rotatable bonds is 4. The number of hydrogen-bond acceptors (Lipinski definition) is 0. The third kappa shape index (κ3) is 3.47. The first-order valence-corrected chi connectivity index (χ1v) is 15.3. The maximum Gasteiger partial charge on any atom is 0.0714 e. The molecule has 0 aliphatic heterocycles. The van der Waals surface area contributed by atoms with Crippen LogP contribution in [0, 0.1) is 0 Å². The van der Waals surface area contributed by atoms with Gasteiger partial charge in [0.2, 0.25) is 0 Å². The molecule has 8 aromatic rings. The molecule has 0 unspecified atom stereocenters. The molecule has 1 nitrogen and oxygen atoms in total. The molecule has 1 aliphatic carbocycles. The van der Waals surface area contributed by atoms with Crippen molar-refractivity contribution in [3.8, 4) is 27.9 Å². The van der Waals surface area contributed by atoms with E-state index in [0.717, 1.165) is 5.69 Å². The molecule has 1 heterocycles. The van der Waals surface area contributed by atoms with E-state index in [9.17, 15) is 0 Å². The van der Waals surface area contributed by atoms with Crippen molar-refractivity contribution in [3.05, 3.63) is 198 Å². The van der Waals surface area contributed by atoms with Gasteiger partial charge in [0.25, 0.3) is 0 Å². The number of aromatic nitrogens is 1. The van der Waals surface area contributed by atoms with Crippen LogP contribution in [0.25, 0.3) is 49.7 Å². The molecule has 0 radical (unpaired) electrons. The van der Waals surface area contributed by atoms with E-state index in [1.807, 2.05) is 0 Å². The summed E-state index contributed by atoms with van der Waals surface area (Å²) in [5, 5.41) is 2.55. The smallest absolute Gasteiger partial charge is 0.0714 e. The van der Waals surface area contributed by atoms with Gasteiger partial charge in [-0.3, -0.25) is 0 Å². The topological polar surface area (TPSA) is 4.93 Å². The van der Waals surface area contributed by atoms with E-state index in [0.29, 0.717) is 0 Å². The van der Waals surface area contributed by atoms with Crippen molar-refractivity contribution in [1.29, 1.82) is 0 Å². The van der Waals surface area contributed by atoms with Gasteiger partial charge in [0.05, 0.1) is 16.4 Å². The van der Waals surface area contributed by atoms with Gasteiger partial charge in [0.1, 0.15) is 0 Å². The molecule has 0 spiro atoms. The molecule has 9 rings (SSSR count). The Hall–Kier alpha value is -5.66. The lowest BCUT2D eigenvalue weighted by Gasteiger charge is -2.34. The quantitative estimate of drug-likeness (QED) is 0.202. The second-order valence-electron chi connectivity index (χ2n) is 11.7. The number of benzene rings is 7. The van der Waals surface area contributed by atoms with Crippen LogP contribution < -0.4 is 0 Å². The number of fused-ring (bicyclic) bond motifs is 6. The molecule has 1 heteroatoms. The summed E-state index contributed by atoms with van der Waals surface area (Å²) in [6, 6.07) is 64.4. The van der Waals surface area contributed by atoms with Crippen molar-refractivity contribution in [2.75, 3.05) is 0 Å². The molecule has 0 N–H and O–H groups in total. The Morgan fingerprint density at radius 3 is 1.64 bits per heavy atom. The van der Waals surface area contributed by atoms with Gasteiger partial charge >= 0.3 is 0 Å². The monoisotopic (exact) mass is 559 g/mol. The lowest BCUT2D eigenvalue weighted by atomic mass is 9.67. The first-order valence-electron chi connectivity index (χ1n) is 15.3. The fourth-order valence-corrected chi connectivity index (χ4v) is 7.62. The maximum absolute atomic E-state index is 2.48. The minimum atomic E-state index is -0.429. The predicted molar refractivity (Wildman–Crippen MR) is 184 cm³/mol. The van der Waals surface area contributed by atoms with Crippen LogP contribution >= 0.6 is 0 Å². The van der Waals surface area contributed by atoms with E-state index in [-0.39, 0.29) is 0 Å². The standard InChI is InChI=1S/C43H29N/c1-4-14-30(15-5-1)31-24-26-34(27-25-31)44-41-23-13-11-21-36(41)38-28-37-35-20-10-12-22-39(35)43(40(37)29-42(38)44,32-16-6-2-7-17-32)33-18-8-3-9-19-33/h1-29H. The maximum atomic E-state index is 2.48. The van der Waals surface area contributed by atoms with Crippen LogP contribution in [0.5, 0.6) is 0 Å². The van der Waals surface area contributed by atoms with Gasteiger partial charge in [-0.2, -0.15) is 0 Å². The zero-order chi connectivity index (χ0) is 29.1. The van der Waals surface area contributed by atoms with Crippen molar-refractivity contribution in [2.45, 2.75) is 5.41 Å². The zero-order valence-corrected chi connectivity index (χ0v) is 24.2. The van der Waals surface area contributed by atoms with Crippen LogP contribution in [-0.2, 0) is 5.41 Å². The predicted octanol–water partition coefficient (Wildman–Crippen LogP) is 10.8. The summed E-state index contributed by atoms with van der Waals surface area (Å²) in [5.41, 5.74) is 13.5. The van der Waals surface area contributed by atoms with Gasteiger partial charge in [0.15, 0.2) is 0 Å². The zero-order valence-electron chi connectivity index (χ0n) is 24.2. The molecule has 0 bridgehead atoms. The average molecular weight is 560 g/mol. The highest BCUT2D eigenvalue weighted by molar-refractivity contribution is 6.12. The van der Waals surface area contributed by atoms with Crippen molar-refractivity contribution in [1.82, 2.24) is 4.57 Å². The third-order valence-electron chi connectivity index (χ3n) is 9.48. The van der Waals surface area contributed by atoms with Gasteiger partial charge < -0.3 is 4.57 Å². The van der Waals surface area contributed by atoms with Gasteiger partial charge in [-0.25, -0.2) is 0 Å². The second-order valence-corrected chi connectivity index (χ2v) is 11.7. The molecule has 0 fully saturated rings. The Labute approximate surface area is 257 Å². The molecule has 0 amide bonds. The molecule has 1 aliphatic rings. The van der Waals surface area contributed by atoms with E-state index < -0.39 is 5.41 Å². The molecule has 0 saturated carbocycles. The SMILES string of the molecule is c1ccc(-c2ccc(-n3c4ccccc4c4cc5c(cc43)C(c3ccccc3)(c3ccccc3)c3ccccc3-5)cc2)cc1. The van der Waals surface area contributed by atoms with Gasteiger partial charge in [0, 0.05) is 16.5 Å². The first-order chi connectivity index (χ1) is 21.8. The number of hydrogen-bond donors (Lipinski definition) is 0. The lowest BCUT2D eigenvalue weighted by Crippen LogP contribution is -2.28. The molecule has 0 saturated heterocycles. The molecule has 7 aromatic carbocycles. The van der Waals surface area contributed by atoms with Crippen LogP contribution in [0.2, 0.25) is 0 Å². The Balaban J connectivity index is 1.38. The van der Waals surface area contributed by atoms with Crippen molar-refractivity contribution < 1.29 is 0 Å². The Bertz CT molecular complexity index is 2250. The van der Waals surface area contributed by atoms with Crippen LogP contribution in [0.15, 0.2) is 176 Å². The van der Waals surface area contributed by atoms with E-state index in [1.54, 1.807) is 0 Å². The first kappa shape index (κ1) is 24.9. The average Bonchev–Trinajstić information content (AvgIpc) is 3.59. The van der Waals surface area contributed by atoms with E-state index in [1.165, 1.54) is 66.3 Å². The highest BCUT2D eigenvalue weighted by Gasteiger charge is 2.46. The summed E-state index contributed by atoms with van der Waals surface area (Å²) in [7, 11) is 0. The molecule has 206 valence electrons. The van der Waals surface area contributed by atoms with Gasteiger partial charge in [-0.05, 0) is 74.8 Å². The minimum absolute atomic E-state index is 0.429. The van der Waals surface area contributed by atoms with Crippen LogP contribution in [-0.4, -0.2) is 4.57 Å². The Morgan fingerprint density at radius 1 is 0.364 bits per heavy atom. The molecule has 44 heavy (non-hydrogen) atoms. The van der Waals surface area contributed by atoms with Gasteiger partial charge in [-0.1, -0.05) is 146 Å². The largest absolute Gasteiger partial charge is 0.309 e. The highest BCUT2D eigenvalue weighted by Crippen LogP contribution is 2.57. The van der Waals surface area contributed by atoms with E-state index in [2.05, 4.69) is 180 Å². The van der Waals surface area contributed by atoms with Crippen molar-refractivity contribution >= 4 is 21.8 Å². The normalized spacial score (nSPS) is 13.2. The third-order valence-corrected chi connectivity index (χ3v) is 9.48. The molecular weight excluding hydrogens is 530 g/mol. The van der Waals surface area contributed by atoms with Crippen LogP contribution in [0.1, 0.15) is 22.3 Å². The van der Waals surface area contributed by atoms with Crippen LogP contribution in [0.3, 0.4) is 0 Å². The van der Waals surface area contributed by atoms with Gasteiger partial charge in [-0.15, -0.1) is 0 Å². The summed E-state index contributed by atoms with van der Waals surface area (Å²) >= 11 is 0. The number of para-hydroxylation sites is 1. The lowest BCUT2D eigenvalue weighted by molar-refractivity contribution is 0.769. The number of nitrogens with zero attached hydrogens (tertiary/aromatic N) is 1. The fraction of sp³-hybridized carbons (Fsp3) is 0.0233. The molecule has 0 atom stereocenters. The summed E-state index contributed by atoms with van der Waals surface area (Å²) in [4.78, 5) is 0. The Morgan fingerprint density at radius 2 is 0.932 bits per heavy atom. The summed E-state index contributed by atoms with van der Waals surface area (Å²) < 4.78 is 2.45. The highest BCUT2D eigenvalue weighted by atomic mass is 15.0. The van der Waals surface area contributed by atoms with Crippen molar-refractivity contribution in [2.24, 2.45) is 0 Å².